The van der Waals surface area contributed by atoms with Crippen molar-refractivity contribution in [2.24, 2.45) is 11.7 Å². The second-order valence-electron chi connectivity index (χ2n) is 4.40. The third kappa shape index (κ3) is 4.33. The molecule has 0 saturated heterocycles. The molecule has 100 valence electrons. The largest absolute Gasteiger partial charge is 0.507 e. The number of carbonyl (C=O) groups excluding carboxylic acids is 1. The van der Waals surface area contributed by atoms with E-state index in [1.165, 1.54) is 6.07 Å². The Labute approximate surface area is 106 Å². The first-order chi connectivity index (χ1) is 8.54. The van der Waals surface area contributed by atoms with Crippen LogP contribution in [0.15, 0.2) is 18.2 Å². The predicted molar refractivity (Wildman–Crippen MR) is 67.9 cm³/mol. The Hall–Kier alpha value is -1.62. The van der Waals surface area contributed by atoms with Gasteiger partial charge in [-0.25, -0.2) is 4.39 Å². The van der Waals surface area contributed by atoms with Crippen molar-refractivity contribution in [2.45, 2.75) is 19.8 Å². The van der Waals surface area contributed by atoms with Gasteiger partial charge in [-0.3, -0.25) is 4.79 Å². The molecule has 1 unspecified atom stereocenters. The molecule has 0 radical (unpaired) electrons. The SMILES string of the molecule is CC(CN)CCCNC(=O)c1cc(F)ccc1O. The van der Waals surface area contributed by atoms with Gasteiger partial charge in [0, 0.05) is 6.54 Å². The number of hydrogen-bond acceptors (Lipinski definition) is 3. The van der Waals surface area contributed by atoms with Gasteiger partial charge in [0.2, 0.25) is 0 Å². The van der Waals surface area contributed by atoms with Crippen LogP contribution >= 0.6 is 0 Å². The molecule has 1 aromatic rings. The Morgan fingerprint density at radius 3 is 2.94 bits per heavy atom. The summed E-state index contributed by atoms with van der Waals surface area (Å²) in [4.78, 5) is 11.7. The van der Waals surface area contributed by atoms with Crippen LogP contribution in [0.1, 0.15) is 30.1 Å². The van der Waals surface area contributed by atoms with Crippen molar-refractivity contribution in [3.63, 3.8) is 0 Å². The number of halogens is 1. The fourth-order valence-corrected chi connectivity index (χ4v) is 1.56. The van der Waals surface area contributed by atoms with Gasteiger partial charge in [-0.1, -0.05) is 6.92 Å². The summed E-state index contributed by atoms with van der Waals surface area (Å²) in [5, 5.41) is 12.1. The van der Waals surface area contributed by atoms with Gasteiger partial charge < -0.3 is 16.2 Å². The summed E-state index contributed by atoms with van der Waals surface area (Å²) < 4.78 is 12.9. The number of hydrogen-bond donors (Lipinski definition) is 3. The number of rotatable bonds is 6. The Bertz CT molecular complexity index is 410. The van der Waals surface area contributed by atoms with Crippen molar-refractivity contribution in [1.82, 2.24) is 5.32 Å². The van der Waals surface area contributed by atoms with Crippen LogP contribution < -0.4 is 11.1 Å². The number of benzene rings is 1. The van der Waals surface area contributed by atoms with Crippen LogP contribution in [0.2, 0.25) is 0 Å². The minimum atomic E-state index is -0.547. The Kier molecular flexibility index (Phi) is 5.58. The Morgan fingerprint density at radius 2 is 2.28 bits per heavy atom. The van der Waals surface area contributed by atoms with Crippen molar-refractivity contribution in [3.05, 3.63) is 29.6 Å². The van der Waals surface area contributed by atoms with Gasteiger partial charge in [0.05, 0.1) is 5.56 Å². The maximum Gasteiger partial charge on any atom is 0.255 e. The lowest BCUT2D eigenvalue weighted by atomic mass is 10.1. The van der Waals surface area contributed by atoms with Crippen LogP contribution in [0.25, 0.3) is 0 Å². The molecule has 0 aromatic heterocycles. The summed E-state index contributed by atoms with van der Waals surface area (Å²) in [6, 6.07) is 3.29. The van der Waals surface area contributed by atoms with Crippen LogP contribution in [-0.2, 0) is 0 Å². The number of nitrogens with two attached hydrogens (primary N) is 1. The number of carbonyl (C=O) groups is 1. The molecule has 5 heteroatoms. The van der Waals surface area contributed by atoms with E-state index < -0.39 is 11.7 Å². The van der Waals surface area contributed by atoms with E-state index in [1.54, 1.807) is 0 Å². The van der Waals surface area contributed by atoms with Gasteiger partial charge in [0.25, 0.3) is 5.91 Å². The number of phenols is 1. The summed E-state index contributed by atoms with van der Waals surface area (Å²) in [5.41, 5.74) is 5.44. The molecule has 0 bridgehead atoms. The summed E-state index contributed by atoms with van der Waals surface area (Å²) in [6.07, 6.45) is 1.73. The summed E-state index contributed by atoms with van der Waals surface area (Å²) in [7, 11) is 0. The average molecular weight is 254 g/mol. The molecule has 0 fully saturated rings. The molecule has 0 heterocycles. The van der Waals surface area contributed by atoms with Crippen LogP contribution in [0.4, 0.5) is 4.39 Å². The second kappa shape index (κ2) is 6.96. The monoisotopic (exact) mass is 254 g/mol. The van der Waals surface area contributed by atoms with Gasteiger partial charge in [-0.15, -0.1) is 0 Å². The van der Waals surface area contributed by atoms with Crippen molar-refractivity contribution < 1.29 is 14.3 Å². The van der Waals surface area contributed by atoms with Crippen molar-refractivity contribution in [2.75, 3.05) is 13.1 Å². The number of nitrogens with one attached hydrogen (secondary N) is 1. The fourth-order valence-electron chi connectivity index (χ4n) is 1.56. The highest BCUT2D eigenvalue weighted by Crippen LogP contribution is 2.17. The van der Waals surface area contributed by atoms with E-state index >= 15 is 0 Å². The highest BCUT2D eigenvalue weighted by Gasteiger charge is 2.11. The number of amides is 1. The highest BCUT2D eigenvalue weighted by molar-refractivity contribution is 5.96. The molecule has 0 saturated carbocycles. The summed E-state index contributed by atoms with van der Waals surface area (Å²) in [5.74, 6) is -0.809. The second-order valence-corrected chi connectivity index (χ2v) is 4.40. The lowest BCUT2D eigenvalue weighted by Crippen LogP contribution is -2.25. The van der Waals surface area contributed by atoms with Gasteiger partial charge in [-0.05, 0) is 43.5 Å². The van der Waals surface area contributed by atoms with Gasteiger partial charge >= 0.3 is 0 Å². The fraction of sp³-hybridized carbons (Fsp3) is 0.462. The molecule has 18 heavy (non-hydrogen) atoms. The van der Waals surface area contributed by atoms with Crippen LogP contribution in [0.3, 0.4) is 0 Å². The highest BCUT2D eigenvalue weighted by atomic mass is 19.1. The molecular weight excluding hydrogens is 235 g/mol. The first-order valence-corrected chi connectivity index (χ1v) is 6.01. The van der Waals surface area contributed by atoms with Crippen LogP contribution in [0, 0.1) is 11.7 Å². The normalized spacial score (nSPS) is 12.2. The Balaban J connectivity index is 2.43. The molecule has 0 spiro atoms. The van der Waals surface area contributed by atoms with Gasteiger partial charge in [0.1, 0.15) is 11.6 Å². The van der Waals surface area contributed by atoms with Crippen molar-refractivity contribution in [1.29, 1.82) is 0 Å². The van der Waals surface area contributed by atoms with Gasteiger partial charge in [-0.2, -0.15) is 0 Å². The summed E-state index contributed by atoms with van der Waals surface area (Å²) in [6.45, 7) is 3.15. The first kappa shape index (κ1) is 14.4. The molecule has 0 aliphatic carbocycles. The van der Waals surface area contributed by atoms with E-state index in [1.807, 2.05) is 6.92 Å². The minimum absolute atomic E-state index is 0.0399. The third-order valence-corrected chi connectivity index (χ3v) is 2.76. The molecule has 1 atom stereocenters. The standard InChI is InChI=1S/C13H19FN2O2/c1-9(8-15)3-2-6-16-13(18)11-7-10(14)4-5-12(11)17/h4-5,7,9,17H,2-3,6,8,15H2,1H3,(H,16,18). The van der Waals surface area contributed by atoms with E-state index in [-0.39, 0.29) is 11.3 Å². The van der Waals surface area contributed by atoms with E-state index in [9.17, 15) is 14.3 Å². The predicted octanol–water partition coefficient (Wildman–Crippen LogP) is 1.64. The quantitative estimate of drug-likeness (QED) is 0.675. The number of aromatic hydroxyl groups is 1. The topological polar surface area (TPSA) is 75.3 Å². The van der Waals surface area contributed by atoms with E-state index in [0.29, 0.717) is 19.0 Å². The molecule has 4 N–H and O–H groups in total. The lowest BCUT2D eigenvalue weighted by molar-refractivity contribution is 0.0949. The molecule has 0 aliphatic heterocycles. The zero-order valence-corrected chi connectivity index (χ0v) is 10.4. The minimum Gasteiger partial charge on any atom is -0.507 e. The smallest absolute Gasteiger partial charge is 0.255 e. The molecule has 1 rings (SSSR count). The molecule has 1 amide bonds. The number of phenolic OH excluding ortho intramolecular Hbond substituents is 1. The summed E-state index contributed by atoms with van der Waals surface area (Å²) >= 11 is 0. The molecule has 0 aliphatic rings. The van der Waals surface area contributed by atoms with Crippen molar-refractivity contribution >= 4 is 5.91 Å². The molecule has 1 aromatic carbocycles. The molecule has 4 nitrogen and oxygen atoms in total. The zero-order chi connectivity index (χ0) is 13.5. The molecular formula is C13H19FN2O2. The maximum atomic E-state index is 12.9. The Morgan fingerprint density at radius 1 is 1.56 bits per heavy atom. The van der Waals surface area contributed by atoms with Crippen LogP contribution in [-0.4, -0.2) is 24.1 Å². The van der Waals surface area contributed by atoms with E-state index in [2.05, 4.69) is 5.32 Å². The van der Waals surface area contributed by atoms with Gasteiger partial charge in [0.15, 0.2) is 0 Å². The first-order valence-electron chi connectivity index (χ1n) is 6.01. The van der Waals surface area contributed by atoms with Crippen molar-refractivity contribution in [3.8, 4) is 5.75 Å². The van der Waals surface area contributed by atoms with E-state index in [0.717, 1.165) is 25.0 Å². The average Bonchev–Trinajstić information content (AvgIpc) is 2.36. The lowest BCUT2D eigenvalue weighted by Gasteiger charge is -2.09. The van der Waals surface area contributed by atoms with Crippen LogP contribution in [0.5, 0.6) is 5.75 Å². The maximum absolute atomic E-state index is 12.9. The third-order valence-electron chi connectivity index (χ3n) is 2.76. The zero-order valence-electron chi connectivity index (χ0n) is 10.4. The van der Waals surface area contributed by atoms with E-state index in [4.69, 9.17) is 5.73 Å².